The minimum absolute atomic E-state index is 0.213. The zero-order chi connectivity index (χ0) is 26.3. The van der Waals surface area contributed by atoms with Crippen molar-refractivity contribution in [3.05, 3.63) is 96.1 Å². The molecule has 2 aliphatic heterocycles. The number of aryl methyl sites for hydroxylation is 1. The predicted molar refractivity (Wildman–Crippen MR) is 164 cm³/mol. The third kappa shape index (κ3) is 3.16. The van der Waals surface area contributed by atoms with E-state index in [1.54, 1.807) is 0 Å². The highest BCUT2D eigenvalue weighted by atomic mass is 15.4. The van der Waals surface area contributed by atoms with E-state index in [0.717, 1.165) is 0 Å². The molecule has 0 unspecified atom stereocenters. The number of fused-ring (bicyclic) bond motifs is 4. The van der Waals surface area contributed by atoms with Crippen molar-refractivity contribution in [3.8, 4) is 0 Å². The van der Waals surface area contributed by atoms with Crippen LogP contribution < -0.4 is 19.6 Å². The van der Waals surface area contributed by atoms with Gasteiger partial charge in [-0.05, 0) is 96.8 Å². The zero-order valence-corrected chi connectivity index (χ0v) is 23.0. The van der Waals surface area contributed by atoms with Crippen molar-refractivity contribution in [2.75, 3.05) is 33.7 Å². The van der Waals surface area contributed by atoms with E-state index >= 15 is 0 Å². The molecule has 0 saturated heterocycles. The van der Waals surface area contributed by atoms with Crippen LogP contribution in [0.15, 0.2) is 84.9 Å². The van der Waals surface area contributed by atoms with E-state index in [0.29, 0.717) is 0 Å². The second kappa shape index (κ2) is 8.16. The highest BCUT2D eigenvalue weighted by molar-refractivity contribution is 5.99. The standard InChI is InChI=1S/C34H34N4/c1-21-15-29(37-23(3)35(5)31-17-25-11-7-9-13-27(25)19-33(31)37)22(2)30(16-21)38-24(4)36(6)32-18-26-12-8-10-14-28(26)20-34(32)38/h7-20,23-24H,1-6H3/t23-,24+. The predicted octanol–water partition coefficient (Wildman–Crippen LogP) is 8.48. The minimum atomic E-state index is 0.213. The first-order valence-electron chi connectivity index (χ1n) is 13.5. The molecule has 4 nitrogen and oxygen atoms in total. The normalized spacial score (nSPS) is 18.6. The van der Waals surface area contributed by atoms with Crippen molar-refractivity contribution in [2.24, 2.45) is 0 Å². The van der Waals surface area contributed by atoms with Gasteiger partial charge in [0.25, 0.3) is 0 Å². The maximum Gasteiger partial charge on any atom is 0.103 e. The van der Waals surface area contributed by atoms with Crippen LogP contribution in [0.3, 0.4) is 0 Å². The lowest BCUT2D eigenvalue weighted by Crippen LogP contribution is -2.37. The van der Waals surface area contributed by atoms with Crippen molar-refractivity contribution < 1.29 is 0 Å². The first-order valence-corrected chi connectivity index (χ1v) is 13.5. The Bertz CT molecular complexity index is 1610. The van der Waals surface area contributed by atoms with Crippen molar-refractivity contribution in [2.45, 2.75) is 40.0 Å². The summed E-state index contributed by atoms with van der Waals surface area (Å²) in [6.07, 6.45) is 0.426. The van der Waals surface area contributed by atoms with Gasteiger partial charge >= 0.3 is 0 Å². The van der Waals surface area contributed by atoms with E-state index in [9.17, 15) is 0 Å². The fourth-order valence-corrected chi connectivity index (χ4v) is 6.52. The lowest BCUT2D eigenvalue weighted by molar-refractivity contribution is 0.725. The molecule has 2 aliphatic rings. The third-order valence-corrected chi connectivity index (χ3v) is 8.85. The van der Waals surface area contributed by atoms with Gasteiger partial charge < -0.3 is 19.6 Å². The fourth-order valence-electron chi connectivity index (χ4n) is 6.52. The van der Waals surface area contributed by atoms with Crippen molar-refractivity contribution in [3.63, 3.8) is 0 Å². The molecule has 0 fully saturated rings. The fraction of sp³-hybridized carbons (Fsp3) is 0.235. The summed E-state index contributed by atoms with van der Waals surface area (Å²) in [6.45, 7) is 9.13. The Morgan fingerprint density at radius 1 is 0.474 bits per heavy atom. The molecule has 0 spiro atoms. The zero-order valence-electron chi connectivity index (χ0n) is 23.0. The largest absolute Gasteiger partial charge is 0.352 e. The Kier molecular flexibility index (Phi) is 4.93. The number of anilines is 6. The summed E-state index contributed by atoms with van der Waals surface area (Å²) in [5, 5.41) is 5.12. The van der Waals surface area contributed by atoms with Gasteiger partial charge in [0.15, 0.2) is 0 Å². The summed E-state index contributed by atoms with van der Waals surface area (Å²) in [4.78, 5) is 9.85. The topological polar surface area (TPSA) is 13.0 Å². The van der Waals surface area contributed by atoms with Gasteiger partial charge in [-0.3, -0.25) is 0 Å². The number of rotatable bonds is 2. The molecule has 0 aromatic heterocycles. The molecule has 0 aliphatic carbocycles. The Hall–Kier alpha value is -4.18. The van der Waals surface area contributed by atoms with Crippen LogP contribution in [0, 0.1) is 13.8 Å². The van der Waals surface area contributed by atoms with E-state index in [2.05, 4.69) is 146 Å². The molecule has 2 atom stereocenters. The van der Waals surface area contributed by atoms with Gasteiger partial charge in [0.1, 0.15) is 12.3 Å². The SMILES string of the molecule is Cc1cc(N2c3cc4ccccc4cc3N(C)[C@H]2C)c(C)c(N2c3cc4ccccc4cc3N(C)[C@@H]2C)c1. The molecule has 4 heteroatoms. The summed E-state index contributed by atoms with van der Waals surface area (Å²) in [6, 6.07) is 31.5. The molecular weight excluding hydrogens is 464 g/mol. The molecule has 0 radical (unpaired) electrons. The average Bonchev–Trinajstić information content (AvgIpc) is 3.30. The molecule has 190 valence electrons. The molecule has 7 rings (SSSR count). The molecule has 38 heavy (non-hydrogen) atoms. The molecular formula is C34H34N4. The molecule has 2 heterocycles. The van der Waals surface area contributed by atoms with E-state index in [4.69, 9.17) is 0 Å². The summed E-state index contributed by atoms with van der Waals surface area (Å²) in [5.74, 6) is 0. The second-order valence-corrected chi connectivity index (χ2v) is 11.0. The number of hydrogen-bond acceptors (Lipinski definition) is 4. The maximum absolute atomic E-state index is 2.53. The van der Waals surface area contributed by atoms with Crippen molar-refractivity contribution >= 4 is 55.7 Å². The lowest BCUT2D eigenvalue weighted by atomic mass is 10.0. The smallest absolute Gasteiger partial charge is 0.103 e. The third-order valence-electron chi connectivity index (χ3n) is 8.85. The minimum Gasteiger partial charge on any atom is -0.352 e. The lowest BCUT2D eigenvalue weighted by Gasteiger charge is -2.34. The van der Waals surface area contributed by atoms with Crippen LogP contribution in [0.25, 0.3) is 21.5 Å². The summed E-state index contributed by atoms with van der Waals surface area (Å²) in [7, 11) is 4.42. The Labute approximate surface area is 225 Å². The van der Waals surface area contributed by atoms with Crippen LogP contribution in [0.4, 0.5) is 34.1 Å². The van der Waals surface area contributed by atoms with Crippen LogP contribution in [0.1, 0.15) is 25.0 Å². The molecule has 0 N–H and O–H groups in total. The Morgan fingerprint density at radius 3 is 1.18 bits per heavy atom. The second-order valence-electron chi connectivity index (χ2n) is 11.0. The van der Waals surface area contributed by atoms with Crippen LogP contribution >= 0.6 is 0 Å². The number of hydrogen-bond donors (Lipinski definition) is 0. The molecule has 5 aromatic rings. The van der Waals surface area contributed by atoms with Crippen molar-refractivity contribution in [1.82, 2.24) is 0 Å². The quantitative estimate of drug-likeness (QED) is 0.242. The number of nitrogens with zero attached hydrogens (tertiary/aromatic N) is 4. The molecule has 0 amide bonds. The summed E-state index contributed by atoms with van der Waals surface area (Å²) in [5.41, 5.74) is 10.2. The van der Waals surface area contributed by atoms with E-state index in [1.165, 1.54) is 66.8 Å². The van der Waals surface area contributed by atoms with E-state index in [-0.39, 0.29) is 12.3 Å². The van der Waals surface area contributed by atoms with Gasteiger partial charge in [0.2, 0.25) is 0 Å². The average molecular weight is 499 g/mol. The van der Waals surface area contributed by atoms with Crippen LogP contribution in [0.2, 0.25) is 0 Å². The van der Waals surface area contributed by atoms with Gasteiger partial charge in [-0.15, -0.1) is 0 Å². The first kappa shape index (κ1) is 23.0. The van der Waals surface area contributed by atoms with Gasteiger partial charge in [-0.25, -0.2) is 0 Å². The number of benzene rings is 5. The van der Waals surface area contributed by atoms with Gasteiger partial charge in [-0.1, -0.05) is 48.5 Å². The Morgan fingerprint density at radius 2 is 0.816 bits per heavy atom. The van der Waals surface area contributed by atoms with Gasteiger partial charge in [-0.2, -0.15) is 0 Å². The van der Waals surface area contributed by atoms with Crippen LogP contribution in [0.5, 0.6) is 0 Å². The monoisotopic (exact) mass is 498 g/mol. The van der Waals surface area contributed by atoms with Crippen LogP contribution in [-0.4, -0.2) is 26.4 Å². The highest BCUT2D eigenvalue weighted by Crippen LogP contribution is 2.51. The molecule has 0 saturated carbocycles. The van der Waals surface area contributed by atoms with E-state index < -0.39 is 0 Å². The first-order chi connectivity index (χ1) is 18.3. The van der Waals surface area contributed by atoms with E-state index in [1.807, 2.05) is 0 Å². The summed E-state index contributed by atoms with van der Waals surface area (Å²) >= 11 is 0. The Balaban J connectivity index is 1.41. The molecule has 5 aromatic carbocycles. The van der Waals surface area contributed by atoms with Gasteiger partial charge in [0.05, 0.1) is 22.7 Å². The maximum atomic E-state index is 2.53. The van der Waals surface area contributed by atoms with Crippen molar-refractivity contribution in [1.29, 1.82) is 0 Å². The highest BCUT2D eigenvalue weighted by Gasteiger charge is 2.36. The molecule has 0 bridgehead atoms. The van der Waals surface area contributed by atoms with Crippen LogP contribution in [-0.2, 0) is 0 Å². The summed E-state index contributed by atoms with van der Waals surface area (Å²) < 4.78 is 0. The van der Waals surface area contributed by atoms with Gasteiger partial charge in [0, 0.05) is 25.5 Å².